The van der Waals surface area contributed by atoms with Gasteiger partial charge in [0, 0.05) is 35.0 Å². The van der Waals surface area contributed by atoms with Crippen molar-refractivity contribution in [1.29, 1.82) is 0 Å². The van der Waals surface area contributed by atoms with E-state index in [9.17, 15) is 4.79 Å². The molecule has 0 aliphatic rings. The van der Waals surface area contributed by atoms with Crippen LogP contribution in [0.15, 0.2) is 65.1 Å². The Labute approximate surface area is 225 Å². The highest BCUT2D eigenvalue weighted by atomic mass is 16.5. The van der Waals surface area contributed by atoms with Crippen LogP contribution in [0.2, 0.25) is 0 Å². The van der Waals surface area contributed by atoms with Gasteiger partial charge in [0.15, 0.2) is 0 Å². The lowest BCUT2D eigenvalue weighted by Crippen LogP contribution is -2.09. The molecule has 0 unspecified atom stereocenters. The molecular formula is C32H39NO5. The third-order valence-electron chi connectivity index (χ3n) is 6.13. The monoisotopic (exact) mass is 517 g/mol. The number of furan rings is 1. The number of ether oxygens (including phenoxy) is 3. The molecule has 4 aromatic rings. The van der Waals surface area contributed by atoms with Gasteiger partial charge >= 0.3 is 5.97 Å². The van der Waals surface area contributed by atoms with Crippen molar-refractivity contribution >= 4 is 16.9 Å². The summed E-state index contributed by atoms with van der Waals surface area (Å²) in [4.78, 5) is 12.2. The van der Waals surface area contributed by atoms with E-state index in [0.717, 1.165) is 44.5 Å². The lowest BCUT2D eigenvalue weighted by molar-refractivity contribution is -0.142. The average molecular weight is 518 g/mol. The van der Waals surface area contributed by atoms with Crippen molar-refractivity contribution in [3.05, 3.63) is 83.1 Å². The van der Waals surface area contributed by atoms with Gasteiger partial charge in [0.2, 0.25) is 0 Å². The van der Waals surface area contributed by atoms with Gasteiger partial charge in [-0.3, -0.25) is 4.79 Å². The summed E-state index contributed by atoms with van der Waals surface area (Å²) in [5, 5.41) is 1.00. The second kappa shape index (κ2) is 13.7. The van der Waals surface area contributed by atoms with Gasteiger partial charge in [-0.2, -0.15) is 0 Å². The Morgan fingerprint density at radius 2 is 1.76 bits per heavy atom. The molecule has 1 heterocycles. The molecule has 0 aliphatic heterocycles. The molecule has 0 fully saturated rings. The Morgan fingerprint density at radius 3 is 2.45 bits per heavy atom. The Bertz CT molecular complexity index is 1360. The number of rotatable bonds is 10. The lowest BCUT2D eigenvalue weighted by atomic mass is 9.99. The fraction of sp³-hybridized carbons (Fsp3) is 0.344. The number of hydrogen-bond acceptors (Lipinski definition) is 6. The standard InChI is InChI=1S/C30H33NO5.C2H6/c1-5-34-29(32)15-23-9-11-24(33-4)16-28(23)35-18-26-25-14-22(21-8-6-7-20(13-21)17-31)10-12-27(25)36-30(26)19(2)3;1-2/h6-14,16,19H,5,15,17-18,31H2,1-4H3;1-2H3. The van der Waals surface area contributed by atoms with E-state index in [-0.39, 0.29) is 24.9 Å². The molecule has 38 heavy (non-hydrogen) atoms. The zero-order valence-corrected chi connectivity index (χ0v) is 23.3. The summed E-state index contributed by atoms with van der Waals surface area (Å²) < 4.78 is 23.1. The van der Waals surface area contributed by atoms with Gasteiger partial charge in [-0.15, -0.1) is 0 Å². The normalized spacial score (nSPS) is 10.7. The fourth-order valence-electron chi connectivity index (χ4n) is 4.30. The summed E-state index contributed by atoms with van der Waals surface area (Å²) in [6.45, 7) is 11.1. The molecule has 2 N–H and O–H groups in total. The molecule has 0 bridgehead atoms. The Hall–Kier alpha value is -3.77. The van der Waals surface area contributed by atoms with Crippen LogP contribution in [-0.2, 0) is 29.1 Å². The number of esters is 1. The predicted molar refractivity (Wildman–Crippen MR) is 153 cm³/mol. The molecule has 0 aliphatic carbocycles. The van der Waals surface area contributed by atoms with Gasteiger partial charge in [-0.1, -0.05) is 58.0 Å². The first-order valence-electron chi connectivity index (χ1n) is 13.2. The maximum atomic E-state index is 12.2. The molecule has 0 saturated heterocycles. The second-order valence-corrected chi connectivity index (χ2v) is 8.96. The van der Waals surface area contributed by atoms with E-state index in [0.29, 0.717) is 24.7 Å². The van der Waals surface area contributed by atoms with Crippen molar-refractivity contribution in [2.24, 2.45) is 5.73 Å². The molecular weight excluding hydrogens is 478 g/mol. The predicted octanol–water partition coefficient (Wildman–Crippen LogP) is 7.40. The van der Waals surface area contributed by atoms with Crippen molar-refractivity contribution in [2.75, 3.05) is 13.7 Å². The Kier molecular flexibility index (Phi) is 10.4. The summed E-state index contributed by atoms with van der Waals surface area (Å²) in [5.41, 5.74) is 11.7. The van der Waals surface area contributed by atoms with Crippen molar-refractivity contribution in [1.82, 2.24) is 0 Å². The van der Waals surface area contributed by atoms with Gasteiger partial charge in [0.05, 0.1) is 20.1 Å². The molecule has 6 nitrogen and oxygen atoms in total. The van der Waals surface area contributed by atoms with E-state index in [4.69, 9.17) is 24.4 Å². The van der Waals surface area contributed by atoms with Crippen molar-refractivity contribution in [3.8, 4) is 22.6 Å². The molecule has 3 aromatic carbocycles. The molecule has 4 rings (SSSR count). The summed E-state index contributed by atoms with van der Waals surface area (Å²) in [5.74, 6) is 1.99. The van der Waals surface area contributed by atoms with Crippen LogP contribution in [0.3, 0.4) is 0 Å². The van der Waals surface area contributed by atoms with E-state index in [1.807, 2.05) is 44.2 Å². The molecule has 6 heteroatoms. The summed E-state index contributed by atoms with van der Waals surface area (Å²) in [6.07, 6.45) is 0.123. The Balaban J connectivity index is 0.00000195. The van der Waals surface area contributed by atoms with Crippen LogP contribution in [0.5, 0.6) is 11.5 Å². The zero-order chi connectivity index (χ0) is 27.7. The van der Waals surface area contributed by atoms with Crippen LogP contribution < -0.4 is 15.2 Å². The zero-order valence-electron chi connectivity index (χ0n) is 23.3. The van der Waals surface area contributed by atoms with E-state index >= 15 is 0 Å². The largest absolute Gasteiger partial charge is 0.497 e. The number of carbonyl (C=O) groups excluding carboxylic acids is 1. The van der Waals surface area contributed by atoms with E-state index in [1.54, 1.807) is 20.1 Å². The van der Waals surface area contributed by atoms with E-state index in [2.05, 4.69) is 38.1 Å². The number of hydrogen-bond donors (Lipinski definition) is 1. The van der Waals surface area contributed by atoms with Crippen LogP contribution in [0.25, 0.3) is 22.1 Å². The van der Waals surface area contributed by atoms with Gasteiger partial charge in [0.1, 0.15) is 29.4 Å². The van der Waals surface area contributed by atoms with Gasteiger partial charge < -0.3 is 24.4 Å². The average Bonchev–Trinajstić information content (AvgIpc) is 3.32. The molecule has 0 radical (unpaired) electrons. The maximum absolute atomic E-state index is 12.2. The van der Waals surface area contributed by atoms with Crippen LogP contribution in [0.4, 0.5) is 0 Å². The molecule has 0 saturated carbocycles. The quantitative estimate of drug-likeness (QED) is 0.221. The first kappa shape index (κ1) is 28.8. The van der Waals surface area contributed by atoms with Gasteiger partial charge in [0.25, 0.3) is 0 Å². The minimum absolute atomic E-state index is 0.123. The van der Waals surface area contributed by atoms with E-state index < -0.39 is 0 Å². The maximum Gasteiger partial charge on any atom is 0.310 e. The molecule has 202 valence electrons. The lowest BCUT2D eigenvalue weighted by Gasteiger charge is -2.14. The highest BCUT2D eigenvalue weighted by molar-refractivity contribution is 5.87. The fourth-order valence-corrected chi connectivity index (χ4v) is 4.30. The highest BCUT2D eigenvalue weighted by Crippen LogP contribution is 2.36. The first-order valence-corrected chi connectivity index (χ1v) is 13.2. The Morgan fingerprint density at radius 1 is 1.00 bits per heavy atom. The minimum Gasteiger partial charge on any atom is -0.497 e. The van der Waals surface area contributed by atoms with Crippen molar-refractivity contribution < 1.29 is 23.4 Å². The van der Waals surface area contributed by atoms with Crippen molar-refractivity contribution in [3.63, 3.8) is 0 Å². The molecule has 0 atom stereocenters. The van der Waals surface area contributed by atoms with Crippen LogP contribution in [0, 0.1) is 0 Å². The molecule has 1 aromatic heterocycles. The summed E-state index contributed by atoms with van der Waals surface area (Å²) in [6, 6.07) is 19.9. The summed E-state index contributed by atoms with van der Waals surface area (Å²) in [7, 11) is 1.60. The number of benzene rings is 3. The first-order chi connectivity index (χ1) is 18.4. The number of fused-ring (bicyclic) bond motifs is 1. The SMILES string of the molecule is CC.CCOC(=O)Cc1ccc(OC)cc1OCc1c(C(C)C)oc2ccc(-c3cccc(CN)c3)cc12. The van der Waals surface area contributed by atoms with Crippen molar-refractivity contribution in [2.45, 2.75) is 60.1 Å². The van der Waals surface area contributed by atoms with E-state index in [1.165, 1.54) is 0 Å². The molecule has 0 spiro atoms. The number of carbonyl (C=O) groups is 1. The van der Waals surface area contributed by atoms with Crippen LogP contribution in [-0.4, -0.2) is 19.7 Å². The second-order valence-electron chi connectivity index (χ2n) is 8.96. The summed E-state index contributed by atoms with van der Waals surface area (Å²) >= 11 is 0. The van der Waals surface area contributed by atoms with Crippen LogP contribution >= 0.6 is 0 Å². The highest BCUT2D eigenvalue weighted by Gasteiger charge is 2.20. The smallest absolute Gasteiger partial charge is 0.310 e. The third-order valence-corrected chi connectivity index (χ3v) is 6.13. The number of nitrogens with two attached hydrogens (primary N) is 1. The minimum atomic E-state index is -0.298. The number of methoxy groups -OCH3 is 1. The van der Waals surface area contributed by atoms with Gasteiger partial charge in [-0.25, -0.2) is 0 Å². The van der Waals surface area contributed by atoms with Gasteiger partial charge in [-0.05, 0) is 47.9 Å². The van der Waals surface area contributed by atoms with Crippen LogP contribution in [0.1, 0.15) is 63.0 Å². The topological polar surface area (TPSA) is 83.9 Å². The third kappa shape index (κ3) is 6.75. The molecule has 0 amide bonds.